The summed E-state index contributed by atoms with van der Waals surface area (Å²) >= 11 is 0. The summed E-state index contributed by atoms with van der Waals surface area (Å²) in [6, 6.07) is 3.26. The molecule has 22 heavy (non-hydrogen) atoms. The van der Waals surface area contributed by atoms with Crippen molar-refractivity contribution < 1.29 is 0 Å². The Balaban J connectivity index is 1.54. The van der Waals surface area contributed by atoms with Gasteiger partial charge < -0.3 is 10.3 Å². The van der Waals surface area contributed by atoms with E-state index >= 15 is 0 Å². The van der Waals surface area contributed by atoms with Gasteiger partial charge in [0.15, 0.2) is 0 Å². The van der Waals surface area contributed by atoms with Crippen LogP contribution in [0.3, 0.4) is 0 Å². The van der Waals surface area contributed by atoms with E-state index in [4.69, 9.17) is 4.98 Å². The molecule has 0 spiro atoms. The molecule has 1 saturated heterocycles. The Morgan fingerprint density at radius 2 is 2.00 bits per heavy atom. The second kappa shape index (κ2) is 5.99. The molecule has 2 aliphatic rings. The van der Waals surface area contributed by atoms with Crippen LogP contribution in [0.4, 0.5) is 0 Å². The van der Waals surface area contributed by atoms with Gasteiger partial charge in [0.25, 0.3) is 0 Å². The lowest BCUT2D eigenvalue weighted by Gasteiger charge is -2.40. The second-order valence-electron chi connectivity index (χ2n) is 7.25. The molecule has 3 heterocycles. The van der Waals surface area contributed by atoms with Crippen molar-refractivity contribution in [3.05, 3.63) is 24.3 Å². The van der Waals surface area contributed by atoms with Gasteiger partial charge in [-0.3, -0.25) is 0 Å². The molecule has 0 amide bonds. The van der Waals surface area contributed by atoms with Crippen LogP contribution in [0.1, 0.15) is 63.6 Å². The predicted molar refractivity (Wildman–Crippen MR) is 88.8 cm³/mol. The van der Waals surface area contributed by atoms with Crippen molar-refractivity contribution in [1.82, 2.24) is 20.3 Å². The number of H-pyrrole nitrogens is 1. The van der Waals surface area contributed by atoms with Crippen LogP contribution in [-0.2, 0) is 0 Å². The van der Waals surface area contributed by atoms with Crippen molar-refractivity contribution in [3.63, 3.8) is 0 Å². The van der Waals surface area contributed by atoms with Gasteiger partial charge in [-0.05, 0) is 44.6 Å². The third kappa shape index (κ3) is 2.76. The largest absolute Gasteiger partial charge is 0.359 e. The highest BCUT2D eigenvalue weighted by Crippen LogP contribution is 2.36. The summed E-state index contributed by atoms with van der Waals surface area (Å²) in [5, 5.41) is 3.86. The van der Waals surface area contributed by atoms with Crippen molar-refractivity contribution in [1.29, 1.82) is 0 Å². The Bertz CT molecular complexity index is 629. The molecule has 2 N–H and O–H groups in total. The first-order valence-electron chi connectivity index (χ1n) is 8.85. The number of nitrogens with zero attached hydrogens (tertiary/aromatic N) is 2. The summed E-state index contributed by atoms with van der Waals surface area (Å²) in [4.78, 5) is 12.6. The Labute approximate surface area is 132 Å². The van der Waals surface area contributed by atoms with Crippen LogP contribution in [0.25, 0.3) is 11.0 Å². The van der Waals surface area contributed by atoms with Gasteiger partial charge in [-0.1, -0.05) is 19.3 Å². The number of piperidine rings is 1. The molecule has 1 aliphatic carbocycles. The van der Waals surface area contributed by atoms with Crippen molar-refractivity contribution in [2.45, 2.75) is 69.9 Å². The number of fused-ring (bicyclic) bond motifs is 1. The van der Waals surface area contributed by atoms with Gasteiger partial charge in [-0.15, -0.1) is 0 Å². The van der Waals surface area contributed by atoms with Gasteiger partial charge in [0.1, 0.15) is 5.82 Å². The summed E-state index contributed by atoms with van der Waals surface area (Å²) in [6.07, 6.45) is 13.3. The average Bonchev–Trinajstić information content (AvgIpc) is 3.02. The minimum atomic E-state index is 0.502. The molecule has 0 bridgehead atoms. The molecule has 4 heteroatoms. The zero-order chi connectivity index (χ0) is 14.9. The first-order chi connectivity index (χ1) is 10.8. The number of hydrogen-bond acceptors (Lipinski definition) is 3. The molecule has 4 rings (SSSR count). The Hall–Kier alpha value is -1.42. The normalized spacial score (nSPS) is 30.7. The van der Waals surface area contributed by atoms with Crippen LogP contribution < -0.4 is 5.32 Å². The van der Waals surface area contributed by atoms with Crippen molar-refractivity contribution in [2.75, 3.05) is 0 Å². The fourth-order valence-electron chi connectivity index (χ4n) is 4.46. The van der Waals surface area contributed by atoms with Crippen LogP contribution in [0, 0.1) is 5.92 Å². The predicted octanol–water partition coefficient (Wildman–Crippen LogP) is 3.76. The highest BCUT2D eigenvalue weighted by Gasteiger charge is 2.33. The molecule has 1 saturated carbocycles. The van der Waals surface area contributed by atoms with E-state index in [9.17, 15) is 0 Å². The summed E-state index contributed by atoms with van der Waals surface area (Å²) in [5.41, 5.74) is 2.08. The van der Waals surface area contributed by atoms with E-state index in [0.717, 1.165) is 29.2 Å². The molecule has 2 fully saturated rings. The topological polar surface area (TPSA) is 53.6 Å². The van der Waals surface area contributed by atoms with E-state index in [1.807, 2.05) is 18.5 Å². The molecule has 0 aromatic carbocycles. The summed E-state index contributed by atoms with van der Waals surface area (Å²) in [7, 11) is 0. The minimum Gasteiger partial charge on any atom is -0.359 e. The highest BCUT2D eigenvalue weighted by molar-refractivity contribution is 5.73. The first kappa shape index (κ1) is 14.2. The molecule has 3 unspecified atom stereocenters. The lowest BCUT2D eigenvalue weighted by Crippen LogP contribution is -2.48. The van der Waals surface area contributed by atoms with Crippen molar-refractivity contribution in [3.8, 4) is 0 Å². The molecule has 1 aliphatic heterocycles. The fourth-order valence-corrected chi connectivity index (χ4v) is 4.46. The molecule has 2 aromatic heterocycles. The van der Waals surface area contributed by atoms with Crippen molar-refractivity contribution in [2.24, 2.45) is 5.92 Å². The second-order valence-corrected chi connectivity index (χ2v) is 7.25. The maximum absolute atomic E-state index is 4.80. The smallest absolute Gasteiger partial charge is 0.132 e. The summed E-state index contributed by atoms with van der Waals surface area (Å²) in [5.74, 6) is 2.40. The van der Waals surface area contributed by atoms with Gasteiger partial charge in [0.05, 0.1) is 17.2 Å². The van der Waals surface area contributed by atoms with E-state index in [1.165, 1.54) is 38.5 Å². The molecular weight excluding hydrogens is 272 g/mol. The molecular formula is C18H26N4. The van der Waals surface area contributed by atoms with Gasteiger partial charge >= 0.3 is 0 Å². The Morgan fingerprint density at radius 3 is 2.86 bits per heavy atom. The minimum absolute atomic E-state index is 0.502. The number of aromatic amines is 1. The molecule has 2 aromatic rings. The summed E-state index contributed by atoms with van der Waals surface area (Å²) in [6.45, 7) is 2.32. The molecule has 4 nitrogen and oxygen atoms in total. The van der Waals surface area contributed by atoms with Gasteiger partial charge in [-0.2, -0.15) is 0 Å². The van der Waals surface area contributed by atoms with E-state index in [-0.39, 0.29) is 0 Å². The zero-order valence-corrected chi connectivity index (χ0v) is 13.4. The van der Waals surface area contributed by atoms with Crippen LogP contribution in [-0.4, -0.2) is 27.0 Å². The lowest BCUT2D eigenvalue weighted by molar-refractivity contribution is 0.193. The van der Waals surface area contributed by atoms with Crippen LogP contribution in [0.2, 0.25) is 0 Å². The molecule has 0 radical (unpaired) electrons. The first-order valence-corrected chi connectivity index (χ1v) is 8.85. The van der Waals surface area contributed by atoms with Gasteiger partial charge in [-0.25, -0.2) is 9.97 Å². The molecule has 3 atom stereocenters. The zero-order valence-electron chi connectivity index (χ0n) is 13.4. The van der Waals surface area contributed by atoms with E-state index < -0.39 is 0 Å². The van der Waals surface area contributed by atoms with Gasteiger partial charge in [0, 0.05) is 24.2 Å². The van der Waals surface area contributed by atoms with E-state index in [1.54, 1.807) is 0 Å². The number of nitrogens with one attached hydrogen (secondary N) is 2. The van der Waals surface area contributed by atoms with Crippen LogP contribution in [0.15, 0.2) is 18.5 Å². The average molecular weight is 298 g/mol. The van der Waals surface area contributed by atoms with Gasteiger partial charge in [0.2, 0.25) is 0 Å². The highest BCUT2D eigenvalue weighted by atomic mass is 15.0. The number of rotatable bonds is 2. The standard InChI is InChI=1S/C18H26N4/c1-12-9-14(10-16(21-12)13-5-3-2-4-6-13)18-20-11-17-15(22-18)7-8-19-17/h7-8,11-14,16,19,21H,2-6,9-10H2,1H3. The van der Waals surface area contributed by atoms with E-state index in [0.29, 0.717) is 18.0 Å². The van der Waals surface area contributed by atoms with Crippen LogP contribution >= 0.6 is 0 Å². The monoisotopic (exact) mass is 298 g/mol. The Kier molecular flexibility index (Phi) is 3.87. The Morgan fingerprint density at radius 1 is 1.14 bits per heavy atom. The quantitative estimate of drug-likeness (QED) is 0.887. The van der Waals surface area contributed by atoms with Crippen LogP contribution in [0.5, 0.6) is 0 Å². The van der Waals surface area contributed by atoms with E-state index in [2.05, 4.69) is 22.2 Å². The maximum atomic E-state index is 4.80. The lowest BCUT2D eigenvalue weighted by atomic mass is 9.76. The number of aromatic nitrogens is 3. The van der Waals surface area contributed by atoms with Crippen molar-refractivity contribution >= 4 is 11.0 Å². The SMILES string of the molecule is CC1CC(c2ncc3[nH]ccc3n2)CC(C2CCCCC2)N1. The summed E-state index contributed by atoms with van der Waals surface area (Å²) < 4.78 is 0. The number of hydrogen-bond donors (Lipinski definition) is 2. The maximum Gasteiger partial charge on any atom is 0.132 e. The third-order valence-corrected chi connectivity index (χ3v) is 5.58. The fraction of sp³-hybridized carbons (Fsp3) is 0.667. The third-order valence-electron chi connectivity index (χ3n) is 5.58. The molecule has 118 valence electrons.